The SMILES string of the molecule is CCC[C@H](NC(=O)CCOc1ccc(Br)cc1)C(=O)O. The third-order valence-corrected chi connectivity index (χ3v) is 3.15. The molecule has 0 heterocycles. The summed E-state index contributed by atoms with van der Waals surface area (Å²) in [6, 6.07) is 6.45. The van der Waals surface area contributed by atoms with Crippen LogP contribution >= 0.6 is 15.9 Å². The van der Waals surface area contributed by atoms with Crippen molar-refractivity contribution in [1.82, 2.24) is 5.32 Å². The van der Waals surface area contributed by atoms with Crippen LogP contribution in [-0.4, -0.2) is 29.6 Å². The average molecular weight is 344 g/mol. The Morgan fingerprint density at radius 2 is 2.00 bits per heavy atom. The molecule has 0 bridgehead atoms. The Morgan fingerprint density at radius 1 is 1.35 bits per heavy atom. The fraction of sp³-hybridized carbons (Fsp3) is 0.429. The lowest BCUT2D eigenvalue weighted by Crippen LogP contribution is -2.41. The monoisotopic (exact) mass is 343 g/mol. The number of hydrogen-bond donors (Lipinski definition) is 2. The first kappa shape index (κ1) is 16.5. The van der Waals surface area contributed by atoms with E-state index in [1.54, 1.807) is 12.1 Å². The first-order chi connectivity index (χ1) is 9.52. The highest BCUT2D eigenvalue weighted by Gasteiger charge is 2.18. The molecule has 1 aromatic rings. The predicted octanol–water partition coefficient (Wildman–Crippen LogP) is 2.59. The molecule has 0 aliphatic rings. The van der Waals surface area contributed by atoms with Crippen LogP contribution in [0, 0.1) is 0 Å². The van der Waals surface area contributed by atoms with E-state index in [9.17, 15) is 9.59 Å². The Balaban J connectivity index is 2.32. The minimum atomic E-state index is -1.01. The van der Waals surface area contributed by atoms with E-state index in [1.165, 1.54) is 0 Å². The highest BCUT2D eigenvalue weighted by Crippen LogP contribution is 2.16. The normalized spacial score (nSPS) is 11.7. The van der Waals surface area contributed by atoms with E-state index in [2.05, 4.69) is 21.2 Å². The molecule has 0 aliphatic carbocycles. The minimum absolute atomic E-state index is 0.129. The molecule has 2 N–H and O–H groups in total. The summed E-state index contributed by atoms with van der Waals surface area (Å²) in [7, 11) is 0. The molecular formula is C14H18BrNO4. The summed E-state index contributed by atoms with van der Waals surface area (Å²) < 4.78 is 6.35. The summed E-state index contributed by atoms with van der Waals surface area (Å²) >= 11 is 3.32. The second-order valence-corrected chi connectivity index (χ2v) is 5.22. The van der Waals surface area contributed by atoms with E-state index in [1.807, 2.05) is 19.1 Å². The third kappa shape index (κ3) is 6.06. The number of halogens is 1. The molecule has 110 valence electrons. The molecule has 1 atom stereocenters. The quantitative estimate of drug-likeness (QED) is 0.760. The van der Waals surface area contributed by atoms with E-state index in [0.717, 1.165) is 4.47 Å². The lowest BCUT2D eigenvalue weighted by atomic mass is 10.1. The summed E-state index contributed by atoms with van der Waals surface area (Å²) in [5.74, 6) is -0.652. The number of benzene rings is 1. The van der Waals surface area contributed by atoms with Gasteiger partial charge in [-0.2, -0.15) is 0 Å². The largest absolute Gasteiger partial charge is 0.493 e. The van der Waals surface area contributed by atoms with Gasteiger partial charge in [0.15, 0.2) is 0 Å². The van der Waals surface area contributed by atoms with Crippen LogP contribution in [0.15, 0.2) is 28.7 Å². The van der Waals surface area contributed by atoms with Crippen molar-refractivity contribution >= 4 is 27.8 Å². The lowest BCUT2D eigenvalue weighted by molar-refractivity contribution is -0.142. The maximum atomic E-state index is 11.6. The highest BCUT2D eigenvalue weighted by molar-refractivity contribution is 9.10. The van der Waals surface area contributed by atoms with Gasteiger partial charge in [-0.1, -0.05) is 29.3 Å². The summed E-state index contributed by atoms with van der Waals surface area (Å²) in [4.78, 5) is 22.5. The molecule has 5 nitrogen and oxygen atoms in total. The molecule has 0 aromatic heterocycles. The van der Waals surface area contributed by atoms with Gasteiger partial charge in [0.25, 0.3) is 0 Å². The number of rotatable bonds is 8. The van der Waals surface area contributed by atoms with Gasteiger partial charge in [0.2, 0.25) is 5.91 Å². The Hall–Kier alpha value is -1.56. The number of carboxylic acids is 1. The van der Waals surface area contributed by atoms with Crippen LogP contribution in [0.1, 0.15) is 26.2 Å². The van der Waals surface area contributed by atoms with Gasteiger partial charge in [-0.25, -0.2) is 4.79 Å². The van der Waals surface area contributed by atoms with Crippen LogP contribution in [0.25, 0.3) is 0 Å². The number of ether oxygens (including phenoxy) is 1. The van der Waals surface area contributed by atoms with Crippen LogP contribution in [0.4, 0.5) is 0 Å². The average Bonchev–Trinajstić information content (AvgIpc) is 2.40. The zero-order valence-corrected chi connectivity index (χ0v) is 12.9. The van der Waals surface area contributed by atoms with E-state index >= 15 is 0 Å². The van der Waals surface area contributed by atoms with Gasteiger partial charge >= 0.3 is 5.97 Å². The van der Waals surface area contributed by atoms with E-state index in [-0.39, 0.29) is 18.9 Å². The standard InChI is InChI=1S/C14H18BrNO4/c1-2-3-12(14(18)19)16-13(17)8-9-20-11-6-4-10(15)5-7-11/h4-7,12H,2-3,8-9H2,1H3,(H,16,17)(H,18,19)/t12-/m0/s1. The number of carbonyl (C=O) groups is 2. The maximum Gasteiger partial charge on any atom is 0.326 e. The molecule has 1 amide bonds. The highest BCUT2D eigenvalue weighted by atomic mass is 79.9. The number of amides is 1. The molecule has 0 unspecified atom stereocenters. The van der Waals surface area contributed by atoms with Crippen molar-refractivity contribution in [3.05, 3.63) is 28.7 Å². The first-order valence-corrected chi connectivity index (χ1v) is 7.22. The molecular weight excluding hydrogens is 326 g/mol. The number of carboxylic acid groups (broad SMARTS) is 1. The molecule has 6 heteroatoms. The van der Waals surface area contributed by atoms with Crippen LogP contribution in [0.3, 0.4) is 0 Å². The van der Waals surface area contributed by atoms with Gasteiger partial charge in [-0.05, 0) is 30.7 Å². The van der Waals surface area contributed by atoms with Crippen LogP contribution in [0.2, 0.25) is 0 Å². The molecule has 20 heavy (non-hydrogen) atoms. The molecule has 0 saturated heterocycles. The van der Waals surface area contributed by atoms with Crippen molar-refractivity contribution in [3.63, 3.8) is 0 Å². The lowest BCUT2D eigenvalue weighted by Gasteiger charge is -2.13. The van der Waals surface area contributed by atoms with Gasteiger partial charge in [0.1, 0.15) is 11.8 Å². The van der Waals surface area contributed by atoms with Crippen molar-refractivity contribution in [1.29, 1.82) is 0 Å². The molecule has 0 saturated carbocycles. The number of carbonyl (C=O) groups excluding carboxylic acids is 1. The van der Waals surface area contributed by atoms with Crippen molar-refractivity contribution in [3.8, 4) is 5.75 Å². The molecule has 0 aliphatic heterocycles. The van der Waals surface area contributed by atoms with E-state index in [4.69, 9.17) is 9.84 Å². The Morgan fingerprint density at radius 3 is 2.55 bits per heavy atom. The topological polar surface area (TPSA) is 75.6 Å². The molecule has 0 fully saturated rings. The summed E-state index contributed by atoms with van der Waals surface area (Å²) in [5.41, 5.74) is 0. The molecule has 0 radical (unpaired) electrons. The summed E-state index contributed by atoms with van der Waals surface area (Å²) in [6.45, 7) is 2.09. The molecule has 1 aromatic carbocycles. The zero-order valence-electron chi connectivity index (χ0n) is 11.3. The number of hydrogen-bond acceptors (Lipinski definition) is 3. The Labute approximate surface area is 126 Å². The first-order valence-electron chi connectivity index (χ1n) is 6.43. The van der Waals surface area contributed by atoms with Crippen LogP contribution < -0.4 is 10.1 Å². The maximum absolute atomic E-state index is 11.6. The smallest absolute Gasteiger partial charge is 0.326 e. The number of nitrogens with one attached hydrogen (secondary N) is 1. The summed E-state index contributed by atoms with van der Waals surface area (Å²) in [5, 5.41) is 11.4. The van der Waals surface area contributed by atoms with Gasteiger partial charge in [0.05, 0.1) is 13.0 Å². The van der Waals surface area contributed by atoms with Crippen LogP contribution in [0.5, 0.6) is 5.75 Å². The number of aliphatic carboxylic acids is 1. The fourth-order valence-corrected chi connectivity index (χ4v) is 1.87. The van der Waals surface area contributed by atoms with Gasteiger partial charge in [0, 0.05) is 4.47 Å². The van der Waals surface area contributed by atoms with E-state index in [0.29, 0.717) is 18.6 Å². The van der Waals surface area contributed by atoms with Crippen molar-refractivity contribution in [2.45, 2.75) is 32.2 Å². The Kier molecular flexibility index (Phi) is 7.08. The van der Waals surface area contributed by atoms with Gasteiger partial charge in [-0.3, -0.25) is 4.79 Å². The summed E-state index contributed by atoms with van der Waals surface area (Å²) in [6.07, 6.45) is 1.25. The predicted molar refractivity (Wildman–Crippen MR) is 78.7 cm³/mol. The van der Waals surface area contributed by atoms with Crippen molar-refractivity contribution in [2.75, 3.05) is 6.61 Å². The van der Waals surface area contributed by atoms with Crippen molar-refractivity contribution < 1.29 is 19.4 Å². The Bertz CT molecular complexity index is 447. The second kappa shape index (κ2) is 8.58. The minimum Gasteiger partial charge on any atom is -0.493 e. The fourth-order valence-electron chi connectivity index (χ4n) is 1.60. The second-order valence-electron chi connectivity index (χ2n) is 4.30. The van der Waals surface area contributed by atoms with Crippen molar-refractivity contribution in [2.24, 2.45) is 0 Å². The molecule has 0 spiro atoms. The van der Waals surface area contributed by atoms with E-state index < -0.39 is 12.0 Å². The van der Waals surface area contributed by atoms with Crippen LogP contribution in [-0.2, 0) is 9.59 Å². The van der Waals surface area contributed by atoms with Gasteiger partial charge < -0.3 is 15.2 Å². The zero-order chi connectivity index (χ0) is 15.0. The van der Waals surface area contributed by atoms with Gasteiger partial charge in [-0.15, -0.1) is 0 Å². The molecule has 1 rings (SSSR count). The third-order valence-electron chi connectivity index (χ3n) is 2.62.